The van der Waals surface area contributed by atoms with Crippen LogP contribution in [0.3, 0.4) is 0 Å². The molecule has 3 amide bonds. The number of imide groups is 1. The fourth-order valence-corrected chi connectivity index (χ4v) is 6.28. The van der Waals surface area contributed by atoms with E-state index in [1.54, 1.807) is 12.1 Å². The van der Waals surface area contributed by atoms with E-state index in [1.807, 2.05) is 17.1 Å². The van der Waals surface area contributed by atoms with Crippen LogP contribution in [0.15, 0.2) is 30.4 Å². The van der Waals surface area contributed by atoms with Crippen LogP contribution in [0.2, 0.25) is 0 Å². The Morgan fingerprint density at radius 3 is 2.11 bits per heavy atom. The first kappa shape index (κ1) is 23.5. The largest absolute Gasteiger partial charge is 0.368 e. The van der Waals surface area contributed by atoms with Gasteiger partial charge in [0, 0.05) is 19.2 Å². The van der Waals surface area contributed by atoms with Crippen molar-refractivity contribution in [3.63, 3.8) is 0 Å². The Hall–Kier alpha value is -3.27. The summed E-state index contributed by atoms with van der Waals surface area (Å²) in [6.07, 6.45) is 9.07. The van der Waals surface area contributed by atoms with Crippen molar-refractivity contribution < 1.29 is 19.3 Å². The number of anilines is 2. The molecule has 1 aliphatic carbocycles. The van der Waals surface area contributed by atoms with Gasteiger partial charge in [-0.3, -0.25) is 29.4 Å². The number of likely N-dealkylation sites (tertiary alicyclic amines) is 1. The number of nitro groups is 1. The molecule has 0 radical (unpaired) electrons. The van der Waals surface area contributed by atoms with Crippen LogP contribution in [0, 0.1) is 22.0 Å². The summed E-state index contributed by atoms with van der Waals surface area (Å²) in [7, 11) is 0. The fraction of sp³-hybridized carbons (Fsp3) is 0.560. The molecule has 0 saturated carbocycles. The lowest BCUT2D eigenvalue weighted by Crippen LogP contribution is -2.63. The average molecular weight is 482 g/mol. The summed E-state index contributed by atoms with van der Waals surface area (Å²) in [6, 6.07) is 4.56. The van der Waals surface area contributed by atoms with E-state index in [9.17, 15) is 24.5 Å². The van der Waals surface area contributed by atoms with Crippen molar-refractivity contribution in [3.8, 4) is 0 Å². The third kappa shape index (κ3) is 3.89. The fourth-order valence-electron chi connectivity index (χ4n) is 6.28. The molecular weight excluding hydrogens is 450 g/mol. The average Bonchev–Trinajstić information content (AvgIpc) is 3.14. The highest BCUT2D eigenvalue weighted by molar-refractivity contribution is 6.22. The highest BCUT2D eigenvalue weighted by Gasteiger charge is 2.49. The molecule has 186 valence electrons. The van der Waals surface area contributed by atoms with Crippen molar-refractivity contribution in [3.05, 3.63) is 40.5 Å². The second-order valence-corrected chi connectivity index (χ2v) is 10.0. The second-order valence-electron chi connectivity index (χ2n) is 10.0. The minimum Gasteiger partial charge on any atom is -0.368 e. The third-order valence-corrected chi connectivity index (χ3v) is 8.27. The van der Waals surface area contributed by atoms with Crippen LogP contribution in [-0.4, -0.2) is 59.3 Å². The number of primary amides is 1. The SMILES string of the molecule is NC(=O)C1(N2CCCCC2)CCN(c2ccc(N3C(=O)[C@H]4CC=CC[C@@H]4C3=O)cc2[N+](=O)[O-])CC1. The summed E-state index contributed by atoms with van der Waals surface area (Å²) in [5, 5.41) is 12.0. The Bertz CT molecular complexity index is 1060. The first-order chi connectivity index (χ1) is 16.8. The van der Waals surface area contributed by atoms with E-state index in [4.69, 9.17) is 5.73 Å². The van der Waals surface area contributed by atoms with Gasteiger partial charge in [0.1, 0.15) is 11.2 Å². The maximum atomic E-state index is 12.9. The Morgan fingerprint density at radius 2 is 1.57 bits per heavy atom. The van der Waals surface area contributed by atoms with E-state index >= 15 is 0 Å². The van der Waals surface area contributed by atoms with Crippen molar-refractivity contribution in [1.29, 1.82) is 0 Å². The van der Waals surface area contributed by atoms with Crippen molar-refractivity contribution in [1.82, 2.24) is 4.90 Å². The highest BCUT2D eigenvalue weighted by atomic mass is 16.6. The quantitative estimate of drug-likeness (QED) is 0.296. The Kier molecular flexibility index (Phi) is 6.08. The number of allylic oxidation sites excluding steroid dienone is 2. The van der Waals surface area contributed by atoms with Crippen molar-refractivity contribution in [2.45, 2.75) is 50.5 Å². The number of nitro benzene ring substituents is 1. The lowest BCUT2D eigenvalue weighted by atomic mass is 9.83. The van der Waals surface area contributed by atoms with Crippen molar-refractivity contribution >= 4 is 34.8 Å². The van der Waals surface area contributed by atoms with Gasteiger partial charge in [-0.1, -0.05) is 18.6 Å². The lowest BCUT2D eigenvalue weighted by Gasteiger charge is -2.48. The number of benzene rings is 1. The molecule has 3 fully saturated rings. The molecule has 10 heteroatoms. The molecule has 3 saturated heterocycles. The Morgan fingerprint density at radius 1 is 0.971 bits per heavy atom. The molecular formula is C25H31N5O5. The molecule has 1 aromatic carbocycles. The molecule has 4 aliphatic rings. The topological polar surface area (TPSA) is 130 Å². The number of nitrogens with zero attached hydrogens (tertiary/aromatic N) is 4. The van der Waals surface area contributed by atoms with Crippen LogP contribution < -0.4 is 15.5 Å². The molecule has 35 heavy (non-hydrogen) atoms. The van der Waals surface area contributed by atoms with Gasteiger partial charge in [-0.25, -0.2) is 4.90 Å². The lowest BCUT2D eigenvalue weighted by molar-refractivity contribution is -0.384. The number of amides is 3. The normalized spacial score (nSPS) is 26.6. The van der Waals surface area contributed by atoms with Gasteiger partial charge in [0.25, 0.3) is 5.69 Å². The minimum absolute atomic E-state index is 0.152. The van der Waals surface area contributed by atoms with Gasteiger partial charge in [0.2, 0.25) is 17.7 Å². The maximum Gasteiger partial charge on any atom is 0.294 e. The standard InChI is InChI=1S/C25H31N5O5/c26-24(33)25(28-12-4-1-5-13-28)10-14-27(15-11-25)20-9-8-17(16-21(20)30(34)35)29-22(31)18-6-2-3-7-19(18)23(29)32/h2-3,8-9,16,18-19H,1,4-7,10-15H2,(H2,26,33)/t18-,19-/m0/s1. The monoisotopic (exact) mass is 481 g/mol. The predicted octanol–water partition coefficient (Wildman–Crippen LogP) is 2.36. The van der Waals surface area contributed by atoms with Crippen LogP contribution in [0.1, 0.15) is 44.9 Å². The zero-order valence-electron chi connectivity index (χ0n) is 19.7. The van der Waals surface area contributed by atoms with E-state index in [1.165, 1.54) is 6.07 Å². The predicted molar refractivity (Wildman–Crippen MR) is 130 cm³/mol. The number of hydrogen-bond acceptors (Lipinski definition) is 7. The molecule has 10 nitrogen and oxygen atoms in total. The van der Waals surface area contributed by atoms with Gasteiger partial charge in [-0.15, -0.1) is 0 Å². The van der Waals surface area contributed by atoms with Crippen LogP contribution in [0.4, 0.5) is 17.1 Å². The molecule has 0 unspecified atom stereocenters. The summed E-state index contributed by atoms with van der Waals surface area (Å²) < 4.78 is 0. The first-order valence-corrected chi connectivity index (χ1v) is 12.4. The molecule has 2 atom stereocenters. The van der Waals surface area contributed by atoms with E-state index < -0.39 is 22.3 Å². The third-order valence-electron chi connectivity index (χ3n) is 8.27. The van der Waals surface area contributed by atoms with Crippen molar-refractivity contribution in [2.75, 3.05) is 36.0 Å². The molecule has 3 aliphatic heterocycles. The number of fused-ring (bicyclic) bond motifs is 1. The molecule has 0 bridgehead atoms. The molecule has 1 aromatic rings. The van der Waals surface area contributed by atoms with Gasteiger partial charge < -0.3 is 10.6 Å². The Balaban J connectivity index is 1.39. The van der Waals surface area contributed by atoms with Crippen LogP contribution in [0.25, 0.3) is 0 Å². The molecule has 2 N–H and O–H groups in total. The van der Waals surface area contributed by atoms with Crippen molar-refractivity contribution in [2.24, 2.45) is 17.6 Å². The number of nitrogens with two attached hydrogens (primary N) is 1. The smallest absolute Gasteiger partial charge is 0.294 e. The number of hydrogen-bond donors (Lipinski definition) is 1. The van der Waals surface area contributed by atoms with Crippen LogP contribution in [-0.2, 0) is 14.4 Å². The summed E-state index contributed by atoms with van der Waals surface area (Å²) in [5.41, 5.74) is 5.67. The number of carbonyl (C=O) groups excluding carboxylic acids is 3. The summed E-state index contributed by atoms with van der Waals surface area (Å²) >= 11 is 0. The van der Waals surface area contributed by atoms with Gasteiger partial charge >= 0.3 is 0 Å². The number of carbonyl (C=O) groups is 3. The van der Waals surface area contributed by atoms with Crippen LogP contribution >= 0.6 is 0 Å². The van der Waals surface area contributed by atoms with Gasteiger partial charge in [-0.05, 0) is 63.7 Å². The summed E-state index contributed by atoms with van der Waals surface area (Å²) in [6.45, 7) is 2.59. The summed E-state index contributed by atoms with van der Waals surface area (Å²) in [5.74, 6) is -1.71. The van der Waals surface area contributed by atoms with E-state index in [0.717, 1.165) is 37.3 Å². The maximum absolute atomic E-state index is 12.9. The minimum atomic E-state index is -0.718. The zero-order chi connectivity index (χ0) is 24.7. The van der Waals surface area contributed by atoms with E-state index in [2.05, 4.69) is 4.90 Å². The molecule has 5 rings (SSSR count). The Labute approximate surface area is 203 Å². The number of piperidine rings is 2. The van der Waals surface area contributed by atoms with Crippen LogP contribution in [0.5, 0.6) is 0 Å². The van der Waals surface area contributed by atoms with E-state index in [-0.39, 0.29) is 29.1 Å². The summed E-state index contributed by atoms with van der Waals surface area (Å²) in [4.78, 5) is 55.2. The van der Waals surface area contributed by atoms with Gasteiger partial charge in [-0.2, -0.15) is 0 Å². The number of rotatable bonds is 5. The zero-order valence-corrected chi connectivity index (χ0v) is 19.7. The van der Waals surface area contributed by atoms with Gasteiger partial charge in [0.05, 0.1) is 22.4 Å². The molecule has 0 spiro atoms. The molecule has 3 heterocycles. The highest BCUT2D eigenvalue weighted by Crippen LogP contribution is 2.41. The van der Waals surface area contributed by atoms with E-state index in [0.29, 0.717) is 44.5 Å². The second kappa shape index (κ2) is 9.07. The van der Waals surface area contributed by atoms with Gasteiger partial charge in [0.15, 0.2) is 0 Å². The molecule has 0 aromatic heterocycles. The first-order valence-electron chi connectivity index (χ1n) is 12.4.